The number of imidazole rings is 1. The van der Waals surface area contributed by atoms with Crippen LogP contribution in [-0.4, -0.2) is 22.1 Å². The first-order valence-corrected chi connectivity index (χ1v) is 6.10. The number of aromatic nitrogens is 2. The molecule has 98 valence electrons. The molecular formula is C13H19N3O2. The lowest BCUT2D eigenvalue weighted by Gasteiger charge is -2.14. The molecule has 0 aliphatic rings. The maximum absolute atomic E-state index is 11.7. The molecule has 18 heavy (non-hydrogen) atoms. The summed E-state index contributed by atoms with van der Waals surface area (Å²) in [5, 5.41) is 0. The Labute approximate surface area is 107 Å². The van der Waals surface area contributed by atoms with Gasteiger partial charge in [-0.15, -0.1) is 6.42 Å². The van der Waals surface area contributed by atoms with E-state index in [1.54, 1.807) is 11.5 Å². The van der Waals surface area contributed by atoms with Crippen LogP contribution in [0, 0.1) is 12.3 Å². The fraction of sp³-hybridized carbons (Fsp3) is 0.538. The number of ether oxygens (including phenoxy) is 1. The fourth-order valence-corrected chi connectivity index (χ4v) is 1.82. The topological polar surface area (TPSA) is 70.1 Å². The molecule has 0 aliphatic heterocycles. The fourth-order valence-electron chi connectivity index (χ4n) is 1.82. The number of terminal acetylenes is 1. The number of carbonyl (C=O) groups excluding carboxylic acids is 1. The predicted molar refractivity (Wildman–Crippen MR) is 70.1 cm³/mol. The summed E-state index contributed by atoms with van der Waals surface area (Å²) in [4.78, 5) is 15.9. The van der Waals surface area contributed by atoms with Crippen LogP contribution >= 0.6 is 0 Å². The minimum Gasteiger partial charge on any atom is -0.461 e. The minimum atomic E-state index is -0.504. The molecule has 0 amide bonds. The lowest BCUT2D eigenvalue weighted by Crippen LogP contribution is -2.14. The molecule has 0 saturated heterocycles. The Balaban J connectivity index is 3.27. The lowest BCUT2D eigenvalue weighted by atomic mass is 10.2. The summed E-state index contributed by atoms with van der Waals surface area (Å²) in [5.41, 5.74) is 6.12. The van der Waals surface area contributed by atoms with E-state index in [0.29, 0.717) is 18.9 Å². The lowest BCUT2D eigenvalue weighted by molar-refractivity contribution is 0.0521. The molecular weight excluding hydrogens is 230 g/mol. The van der Waals surface area contributed by atoms with Crippen molar-refractivity contribution in [3.63, 3.8) is 0 Å². The zero-order valence-electron chi connectivity index (χ0n) is 11.1. The number of carbonyl (C=O) groups is 1. The van der Waals surface area contributed by atoms with Gasteiger partial charge in [0.1, 0.15) is 11.6 Å². The van der Waals surface area contributed by atoms with Gasteiger partial charge in [-0.25, -0.2) is 9.78 Å². The van der Waals surface area contributed by atoms with E-state index >= 15 is 0 Å². The molecule has 1 aromatic rings. The molecule has 5 nitrogen and oxygen atoms in total. The van der Waals surface area contributed by atoms with Crippen molar-refractivity contribution in [1.29, 1.82) is 0 Å². The van der Waals surface area contributed by atoms with Gasteiger partial charge in [0.25, 0.3) is 0 Å². The van der Waals surface area contributed by atoms with Crippen LogP contribution in [0.2, 0.25) is 0 Å². The molecule has 0 spiro atoms. The highest BCUT2D eigenvalue weighted by atomic mass is 16.5. The first kappa shape index (κ1) is 14.1. The standard InChI is InChI=1S/C13H19N3O2/c1-5-9(6-2)16-10(7-3)15-11(12(16)14)13(17)18-8-4/h1,9H,6-8,14H2,2-4H3. The Hall–Kier alpha value is -1.96. The quantitative estimate of drug-likeness (QED) is 0.638. The molecule has 5 heteroatoms. The molecule has 0 aliphatic carbocycles. The number of nitrogens with two attached hydrogens (primary N) is 1. The van der Waals surface area contributed by atoms with Crippen molar-refractivity contribution in [3.05, 3.63) is 11.5 Å². The van der Waals surface area contributed by atoms with Gasteiger partial charge < -0.3 is 10.5 Å². The van der Waals surface area contributed by atoms with Crippen LogP contribution < -0.4 is 5.73 Å². The molecule has 0 fully saturated rings. The molecule has 0 bridgehead atoms. The van der Waals surface area contributed by atoms with Crippen LogP contribution in [0.4, 0.5) is 5.82 Å². The molecule has 1 atom stereocenters. The van der Waals surface area contributed by atoms with Crippen molar-refractivity contribution in [2.75, 3.05) is 12.3 Å². The summed E-state index contributed by atoms with van der Waals surface area (Å²) in [7, 11) is 0. The summed E-state index contributed by atoms with van der Waals surface area (Å²) < 4.78 is 6.66. The van der Waals surface area contributed by atoms with Crippen molar-refractivity contribution in [2.45, 2.75) is 39.7 Å². The maximum atomic E-state index is 11.7. The highest BCUT2D eigenvalue weighted by Crippen LogP contribution is 2.23. The Kier molecular flexibility index (Phi) is 4.78. The van der Waals surface area contributed by atoms with Crippen molar-refractivity contribution >= 4 is 11.8 Å². The zero-order chi connectivity index (χ0) is 13.7. The second kappa shape index (κ2) is 6.10. The number of rotatable bonds is 5. The minimum absolute atomic E-state index is 0.155. The predicted octanol–water partition coefficient (Wildman–Crippen LogP) is 1.79. The number of esters is 1. The van der Waals surface area contributed by atoms with E-state index in [1.165, 1.54) is 0 Å². The smallest absolute Gasteiger partial charge is 0.360 e. The number of anilines is 1. The average Bonchev–Trinajstić information content (AvgIpc) is 2.69. The number of aryl methyl sites for hydroxylation is 1. The van der Waals surface area contributed by atoms with Crippen LogP contribution in [0.3, 0.4) is 0 Å². The highest BCUT2D eigenvalue weighted by Gasteiger charge is 2.23. The van der Waals surface area contributed by atoms with E-state index in [4.69, 9.17) is 16.9 Å². The van der Waals surface area contributed by atoms with Gasteiger partial charge in [-0.05, 0) is 13.3 Å². The van der Waals surface area contributed by atoms with Gasteiger partial charge in [0.2, 0.25) is 0 Å². The van der Waals surface area contributed by atoms with Gasteiger partial charge in [0.05, 0.1) is 12.6 Å². The summed E-state index contributed by atoms with van der Waals surface area (Å²) in [6.45, 7) is 5.94. The SMILES string of the molecule is C#CC(CC)n1c(CC)nc(C(=O)OCC)c1N. The molecule has 1 heterocycles. The van der Waals surface area contributed by atoms with Crippen LogP contribution in [0.1, 0.15) is 49.5 Å². The van der Waals surface area contributed by atoms with Crippen molar-refractivity contribution in [1.82, 2.24) is 9.55 Å². The molecule has 2 N–H and O–H groups in total. The van der Waals surface area contributed by atoms with Crippen LogP contribution in [0.5, 0.6) is 0 Å². The first-order chi connectivity index (χ1) is 8.60. The van der Waals surface area contributed by atoms with Gasteiger partial charge in [0, 0.05) is 6.42 Å². The second-order valence-corrected chi connectivity index (χ2v) is 3.80. The molecule has 0 radical (unpaired) electrons. The van der Waals surface area contributed by atoms with Crippen molar-refractivity contribution in [2.24, 2.45) is 0 Å². The summed E-state index contributed by atoms with van der Waals surface area (Å²) in [6, 6.07) is -0.185. The number of hydrogen-bond acceptors (Lipinski definition) is 4. The Morgan fingerprint density at radius 2 is 2.22 bits per heavy atom. The van der Waals surface area contributed by atoms with Gasteiger partial charge >= 0.3 is 5.97 Å². The number of hydrogen-bond donors (Lipinski definition) is 1. The third-order valence-electron chi connectivity index (χ3n) is 2.70. The van der Waals surface area contributed by atoms with E-state index < -0.39 is 5.97 Å². The third-order valence-corrected chi connectivity index (χ3v) is 2.70. The zero-order valence-corrected chi connectivity index (χ0v) is 11.1. The molecule has 1 rings (SSSR count). The Bertz CT molecular complexity index is 471. The summed E-state index contributed by atoms with van der Waals surface area (Å²) in [6.07, 6.45) is 6.86. The first-order valence-electron chi connectivity index (χ1n) is 6.10. The van der Waals surface area contributed by atoms with Gasteiger partial charge in [-0.2, -0.15) is 0 Å². The number of nitrogen functional groups attached to an aromatic ring is 1. The summed E-state index contributed by atoms with van der Waals surface area (Å²) in [5.74, 6) is 3.15. The largest absolute Gasteiger partial charge is 0.461 e. The van der Waals surface area contributed by atoms with Gasteiger partial charge in [0.15, 0.2) is 5.69 Å². The van der Waals surface area contributed by atoms with E-state index in [-0.39, 0.29) is 17.6 Å². The monoisotopic (exact) mass is 249 g/mol. The van der Waals surface area contributed by atoms with E-state index in [1.807, 2.05) is 13.8 Å². The summed E-state index contributed by atoms with van der Waals surface area (Å²) >= 11 is 0. The molecule has 0 saturated carbocycles. The van der Waals surface area contributed by atoms with Gasteiger partial charge in [-0.1, -0.05) is 19.8 Å². The van der Waals surface area contributed by atoms with Crippen molar-refractivity contribution < 1.29 is 9.53 Å². The third kappa shape index (κ3) is 2.48. The molecule has 1 aromatic heterocycles. The normalized spacial score (nSPS) is 11.9. The van der Waals surface area contributed by atoms with E-state index in [2.05, 4.69) is 10.9 Å². The van der Waals surface area contributed by atoms with E-state index in [9.17, 15) is 4.79 Å². The molecule has 1 unspecified atom stereocenters. The van der Waals surface area contributed by atoms with Crippen LogP contribution in [0.25, 0.3) is 0 Å². The van der Waals surface area contributed by atoms with Crippen LogP contribution in [0.15, 0.2) is 0 Å². The Morgan fingerprint density at radius 3 is 2.67 bits per heavy atom. The van der Waals surface area contributed by atoms with Crippen LogP contribution in [-0.2, 0) is 11.2 Å². The van der Waals surface area contributed by atoms with E-state index in [0.717, 1.165) is 6.42 Å². The maximum Gasteiger partial charge on any atom is 0.360 e. The van der Waals surface area contributed by atoms with Gasteiger partial charge in [-0.3, -0.25) is 4.57 Å². The van der Waals surface area contributed by atoms with Crippen molar-refractivity contribution in [3.8, 4) is 12.3 Å². The average molecular weight is 249 g/mol. The molecule has 0 aromatic carbocycles. The Morgan fingerprint density at radius 1 is 1.56 bits per heavy atom. The number of nitrogens with zero attached hydrogens (tertiary/aromatic N) is 2. The second-order valence-electron chi connectivity index (χ2n) is 3.80. The highest BCUT2D eigenvalue weighted by molar-refractivity contribution is 5.92.